The third kappa shape index (κ3) is 27.9. The lowest BCUT2D eigenvalue weighted by Gasteiger charge is -2.31. The van der Waals surface area contributed by atoms with E-state index in [9.17, 15) is 109 Å². The number of unbranched alkanes of at least 4 members (excludes halogenated alkanes) is 3. The summed E-state index contributed by atoms with van der Waals surface area (Å²) in [4.78, 5) is 198. The number of aryl methyl sites for hydroxylation is 1. The molecule has 118 heavy (non-hydrogen) atoms. The molecular weight excluding hydrogens is 1590 g/mol. The van der Waals surface area contributed by atoms with Gasteiger partial charge in [0.05, 0.1) is 42.3 Å². The van der Waals surface area contributed by atoms with Gasteiger partial charge in [0.25, 0.3) is 34.1 Å². The van der Waals surface area contributed by atoms with Gasteiger partial charge in [-0.3, -0.25) is 84.5 Å². The Morgan fingerprint density at radius 3 is 0.746 bits per heavy atom. The zero-order chi connectivity index (χ0) is 86.3. The minimum Gasteiger partial charge on any atom is -0.465 e. The molecule has 0 radical (unpaired) electrons. The largest absolute Gasteiger partial charge is 0.513 e. The Morgan fingerprint density at radius 2 is 0.508 bits per heavy atom. The number of hydrogen-bond acceptors (Lipinski definition) is 40. The summed E-state index contributed by atoms with van der Waals surface area (Å²) in [5, 5.41) is 75.2. The zero-order valence-corrected chi connectivity index (χ0v) is 62.1. The average Bonchev–Trinajstić information content (AvgIpc) is 1.02. The lowest BCUT2D eigenvalue weighted by Crippen LogP contribution is -2.47. The second kappa shape index (κ2) is 41.8. The number of carbonyl (C=O) groups excluding carboxylic acids is 10. The van der Waals surface area contributed by atoms with Crippen LogP contribution in [0.4, 0.5) is 62.9 Å². The van der Waals surface area contributed by atoms with Crippen LogP contribution in [0.5, 0.6) is 34.5 Å². The van der Waals surface area contributed by atoms with Crippen molar-refractivity contribution >= 4 is 94.9 Å². The van der Waals surface area contributed by atoms with E-state index in [1.54, 1.807) is 0 Å². The molecular formula is C71H67N9O38. The molecule has 624 valence electrons. The second-order valence-corrected chi connectivity index (χ2v) is 25.8. The lowest BCUT2D eigenvalue weighted by atomic mass is 9.90. The van der Waals surface area contributed by atoms with Gasteiger partial charge in [0.2, 0.25) is 0 Å². The molecule has 47 heteroatoms. The summed E-state index contributed by atoms with van der Waals surface area (Å²) < 4.78 is 85.3. The Balaban J connectivity index is 1.04. The molecule has 0 saturated carbocycles. The Hall–Kier alpha value is -15.6. The van der Waals surface area contributed by atoms with Crippen molar-refractivity contribution < 1.29 is 153 Å². The number of hydrogen-bond donors (Lipinski definition) is 0. The molecule has 0 aliphatic rings. The normalized spacial score (nSPS) is 11.1. The SMILES string of the molecule is CC(COC(=O)Oc1ccc([N+](=O)[O-])cc1)(COC(=O)Oc1ccc([N+](=O)[O-])cc1)C(=O)OCCCCCCn1cc(COC(=O)C(C)(COC(=O)C(C)(COC(=O)Oc2ccc([N+](=O)[O-])cc2)COC(=O)Oc2ccc([N+](=O)[O-])cc2)COC(=O)C(C)(COC(=O)Oc2ccc([N+](=O)[O-])cc2)COC(=O)Oc2ccc([N+](=O)[O-])cc2)nn1. The Kier molecular flexibility index (Phi) is 31.7. The van der Waals surface area contributed by atoms with E-state index in [4.69, 9.17) is 75.8 Å². The number of nitro benzene ring substituents is 6. The van der Waals surface area contributed by atoms with Gasteiger partial charge in [-0.15, -0.1) is 5.10 Å². The fraction of sp³-hybridized carbons (Fsp3) is 0.324. The highest BCUT2D eigenvalue weighted by Crippen LogP contribution is 2.32. The van der Waals surface area contributed by atoms with Crippen molar-refractivity contribution in [2.24, 2.45) is 21.7 Å². The van der Waals surface area contributed by atoms with Crippen molar-refractivity contribution in [3.63, 3.8) is 0 Å². The third-order valence-corrected chi connectivity index (χ3v) is 16.0. The van der Waals surface area contributed by atoms with E-state index in [1.807, 2.05) is 0 Å². The van der Waals surface area contributed by atoms with Crippen LogP contribution in [0.3, 0.4) is 0 Å². The quantitative estimate of drug-likeness (QED) is 0.00857. The van der Waals surface area contributed by atoms with Crippen LogP contribution in [0, 0.1) is 82.3 Å². The number of ether oxygens (including phenoxy) is 16. The van der Waals surface area contributed by atoms with Crippen LogP contribution in [0.1, 0.15) is 59.1 Å². The number of benzene rings is 6. The van der Waals surface area contributed by atoms with Crippen molar-refractivity contribution in [1.29, 1.82) is 0 Å². The van der Waals surface area contributed by atoms with Gasteiger partial charge >= 0.3 is 60.8 Å². The van der Waals surface area contributed by atoms with Crippen LogP contribution < -0.4 is 28.4 Å². The van der Waals surface area contributed by atoms with E-state index >= 15 is 0 Å². The van der Waals surface area contributed by atoms with E-state index in [0.717, 1.165) is 166 Å². The predicted octanol–water partition coefficient (Wildman–Crippen LogP) is 11.3. The maximum absolute atomic E-state index is 14.6. The van der Waals surface area contributed by atoms with Crippen LogP contribution in [0.15, 0.2) is 152 Å². The summed E-state index contributed by atoms with van der Waals surface area (Å²) in [7, 11) is 0. The van der Waals surface area contributed by atoms with Gasteiger partial charge in [-0.05, 0) is 120 Å². The summed E-state index contributed by atoms with van der Waals surface area (Å²) >= 11 is 0. The molecule has 0 bridgehead atoms. The van der Waals surface area contributed by atoms with Crippen molar-refractivity contribution in [2.45, 2.75) is 66.5 Å². The number of rotatable bonds is 41. The molecule has 1 heterocycles. The first-order chi connectivity index (χ1) is 55.9. The van der Waals surface area contributed by atoms with Gasteiger partial charge in [0, 0.05) is 79.3 Å². The van der Waals surface area contributed by atoms with Gasteiger partial charge in [-0.25, -0.2) is 28.8 Å². The number of esters is 4. The molecule has 0 N–H and O–H groups in total. The highest BCUT2D eigenvalue weighted by Gasteiger charge is 2.47. The smallest absolute Gasteiger partial charge is 0.465 e. The van der Waals surface area contributed by atoms with Gasteiger partial charge in [-0.2, -0.15) is 0 Å². The summed E-state index contributed by atoms with van der Waals surface area (Å²) in [5.74, 6) is -6.78. The molecule has 6 aromatic carbocycles. The minimum absolute atomic E-state index is 0.0157. The molecule has 0 aliphatic carbocycles. The molecule has 0 saturated heterocycles. The van der Waals surface area contributed by atoms with E-state index in [1.165, 1.54) is 17.8 Å². The van der Waals surface area contributed by atoms with Crippen LogP contribution in [-0.2, 0) is 79.7 Å². The molecule has 0 unspecified atom stereocenters. The fourth-order valence-electron chi connectivity index (χ4n) is 9.21. The number of nitrogens with zero attached hydrogens (tertiary/aromatic N) is 9. The summed E-state index contributed by atoms with van der Waals surface area (Å²) in [5.41, 5.74) is -11.2. The van der Waals surface area contributed by atoms with E-state index < -0.39 is 194 Å². The first kappa shape index (κ1) is 89.6. The highest BCUT2D eigenvalue weighted by molar-refractivity contribution is 5.82. The topological polar surface area (TPSA) is 608 Å². The van der Waals surface area contributed by atoms with Crippen molar-refractivity contribution in [3.8, 4) is 34.5 Å². The Morgan fingerprint density at radius 1 is 0.297 bits per heavy atom. The van der Waals surface area contributed by atoms with Crippen LogP contribution in [-0.4, -0.2) is 165 Å². The minimum atomic E-state index is -2.39. The van der Waals surface area contributed by atoms with E-state index in [2.05, 4.69) is 10.3 Å². The summed E-state index contributed by atoms with van der Waals surface area (Å²) in [6.07, 6.45) is -6.03. The number of nitro groups is 6. The lowest BCUT2D eigenvalue weighted by molar-refractivity contribution is -0.385. The first-order valence-electron chi connectivity index (χ1n) is 34.0. The van der Waals surface area contributed by atoms with Crippen molar-refractivity contribution in [3.05, 3.63) is 218 Å². The maximum Gasteiger partial charge on any atom is 0.513 e. The molecule has 0 fully saturated rings. The first-order valence-corrected chi connectivity index (χ1v) is 34.0. The van der Waals surface area contributed by atoms with E-state index in [0.29, 0.717) is 19.3 Å². The molecule has 7 aromatic rings. The Bertz CT molecular complexity index is 4410. The summed E-state index contributed by atoms with van der Waals surface area (Å²) in [6.45, 7) is -4.87. The molecule has 0 aliphatic heterocycles. The number of carbonyl (C=O) groups is 10. The van der Waals surface area contributed by atoms with Gasteiger partial charge in [0.1, 0.15) is 121 Å². The standard InChI is InChI=1S/C71H67N9O38/c1-68(37-105-60(83)70(3,41-109-64(87)115-54-25-13-48(14-26-54)77(95)96)42-110-65(88)116-55-27-15-49(16-28-55)78(97)98,38-106-61(84)71(4,43-111-66(89)117-56-29-17-50(18-30-56)79(99)100)44-112-67(90)118-57-31-19-51(20-32-57)80(101)102)59(82)104-36-45-35-74(73-72-45)33-7-5-6-8-34-103-58(81)69(2,39-107-62(85)113-52-21-9-46(10-22-52)75(91)92)40-108-63(86)114-53-23-11-47(12-24-53)76(93)94/h9-32,35H,5-8,33-34,36-44H2,1-4H3. The van der Waals surface area contributed by atoms with Crippen molar-refractivity contribution in [1.82, 2.24) is 15.0 Å². The molecule has 0 spiro atoms. The molecule has 1 aromatic heterocycles. The zero-order valence-electron chi connectivity index (χ0n) is 62.1. The third-order valence-electron chi connectivity index (χ3n) is 16.0. The highest BCUT2D eigenvalue weighted by atomic mass is 16.8. The van der Waals surface area contributed by atoms with Crippen LogP contribution in [0.2, 0.25) is 0 Å². The second-order valence-electron chi connectivity index (χ2n) is 25.8. The van der Waals surface area contributed by atoms with Gasteiger partial charge in [0.15, 0.2) is 0 Å². The number of aromatic nitrogens is 3. The van der Waals surface area contributed by atoms with Crippen LogP contribution >= 0.6 is 0 Å². The van der Waals surface area contributed by atoms with Crippen molar-refractivity contribution in [2.75, 3.05) is 59.5 Å². The fourth-order valence-corrected chi connectivity index (χ4v) is 9.21. The predicted molar refractivity (Wildman–Crippen MR) is 384 cm³/mol. The maximum atomic E-state index is 14.6. The molecule has 47 nitrogen and oxygen atoms in total. The van der Waals surface area contributed by atoms with Crippen LogP contribution in [0.25, 0.3) is 0 Å². The van der Waals surface area contributed by atoms with Gasteiger partial charge < -0.3 is 75.8 Å². The van der Waals surface area contributed by atoms with Gasteiger partial charge in [-0.1, -0.05) is 11.6 Å². The summed E-state index contributed by atoms with van der Waals surface area (Å²) in [6, 6.07) is 24.7. The average molecular weight is 1650 g/mol. The molecule has 0 amide bonds. The monoisotopic (exact) mass is 1650 g/mol. The van der Waals surface area contributed by atoms with E-state index in [-0.39, 0.29) is 71.1 Å². The molecule has 0 atom stereocenters. The number of non-ortho nitro benzene ring substituents is 6. The molecule has 7 rings (SSSR count). The Labute approximate surface area is 661 Å².